The highest BCUT2D eigenvalue weighted by Gasteiger charge is 2.23. The summed E-state index contributed by atoms with van der Waals surface area (Å²) in [6.07, 6.45) is 0.646. The zero-order chi connectivity index (χ0) is 13.6. The van der Waals surface area contributed by atoms with Crippen molar-refractivity contribution >= 4 is 11.6 Å². The van der Waals surface area contributed by atoms with Gasteiger partial charge < -0.3 is 20.9 Å². The van der Waals surface area contributed by atoms with E-state index < -0.39 is 5.54 Å². The Morgan fingerprint density at radius 1 is 1.56 bits per heavy atom. The molecule has 18 heavy (non-hydrogen) atoms. The predicted molar refractivity (Wildman–Crippen MR) is 70.3 cm³/mol. The molecule has 0 saturated carbocycles. The second-order valence-corrected chi connectivity index (χ2v) is 4.48. The molecule has 1 rings (SSSR count). The van der Waals surface area contributed by atoms with Gasteiger partial charge >= 0.3 is 0 Å². The molecule has 0 radical (unpaired) electrons. The maximum Gasteiger partial charge on any atom is 0.258 e. The normalized spacial score (nSPS) is 13.7. The number of benzene rings is 1. The molecule has 0 spiro atoms. The first kappa shape index (κ1) is 14.3. The highest BCUT2D eigenvalue weighted by atomic mass is 16.5. The monoisotopic (exact) mass is 252 g/mol. The Hall–Kier alpha value is -1.75. The maximum absolute atomic E-state index is 11.7. The van der Waals surface area contributed by atoms with E-state index in [2.05, 4.69) is 5.32 Å². The predicted octanol–water partition coefficient (Wildman–Crippen LogP) is 0.925. The first-order valence-corrected chi connectivity index (χ1v) is 5.89. The number of ether oxygens (including phenoxy) is 1. The van der Waals surface area contributed by atoms with Crippen molar-refractivity contribution in [2.45, 2.75) is 25.8 Å². The van der Waals surface area contributed by atoms with E-state index in [1.807, 2.05) is 6.92 Å². The van der Waals surface area contributed by atoms with Gasteiger partial charge in [-0.25, -0.2) is 0 Å². The maximum atomic E-state index is 11.7. The van der Waals surface area contributed by atoms with Gasteiger partial charge in [0.1, 0.15) is 5.75 Å². The Morgan fingerprint density at radius 2 is 2.28 bits per heavy atom. The van der Waals surface area contributed by atoms with E-state index in [1.54, 1.807) is 31.2 Å². The lowest BCUT2D eigenvalue weighted by atomic mass is 10.0. The molecule has 0 aliphatic heterocycles. The number of carbonyl (C=O) groups is 1. The van der Waals surface area contributed by atoms with Crippen molar-refractivity contribution in [2.75, 3.05) is 18.9 Å². The van der Waals surface area contributed by atoms with Crippen LogP contribution in [0.15, 0.2) is 24.3 Å². The zero-order valence-corrected chi connectivity index (χ0v) is 10.8. The van der Waals surface area contributed by atoms with Gasteiger partial charge in [-0.15, -0.1) is 0 Å². The van der Waals surface area contributed by atoms with Crippen LogP contribution in [-0.2, 0) is 4.79 Å². The third-order valence-corrected chi connectivity index (χ3v) is 2.80. The molecule has 1 unspecified atom stereocenters. The summed E-state index contributed by atoms with van der Waals surface area (Å²) in [6, 6.07) is 6.88. The van der Waals surface area contributed by atoms with Crippen LogP contribution in [0.25, 0.3) is 0 Å². The summed E-state index contributed by atoms with van der Waals surface area (Å²) in [7, 11) is 0. The Morgan fingerprint density at radius 3 is 2.83 bits per heavy atom. The fourth-order valence-electron chi connectivity index (χ4n) is 1.37. The molecule has 1 aromatic carbocycles. The van der Waals surface area contributed by atoms with Crippen molar-refractivity contribution < 1.29 is 14.6 Å². The van der Waals surface area contributed by atoms with Gasteiger partial charge in [0.25, 0.3) is 5.91 Å². The van der Waals surface area contributed by atoms with Gasteiger partial charge in [0.15, 0.2) is 6.61 Å². The molecule has 1 amide bonds. The molecule has 0 fully saturated rings. The van der Waals surface area contributed by atoms with Crippen LogP contribution in [0, 0.1) is 0 Å². The summed E-state index contributed by atoms with van der Waals surface area (Å²) in [5.41, 5.74) is 5.58. The number of aliphatic hydroxyl groups is 1. The van der Waals surface area contributed by atoms with Gasteiger partial charge in [-0.3, -0.25) is 4.79 Å². The van der Waals surface area contributed by atoms with Crippen LogP contribution in [0.3, 0.4) is 0 Å². The average molecular weight is 252 g/mol. The number of amides is 1. The molecule has 5 heteroatoms. The number of rotatable bonds is 6. The number of hydrogen-bond acceptors (Lipinski definition) is 4. The van der Waals surface area contributed by atoms with E-state index in [1.165, 1.54) is 0 Å². The zero-order valence-electron chi connectivity index (χ0n) is 10.8. The highest BCUT2D eigenvalue weighted by molar-refractivity contribution is 5.78. The van der Waals surface area contributed by atoms with Crippen molar-refractivity contribution in [2.24, 2.45) is 0 Å². The van der Waals surface area contributed by atoms with E-state index in [4.69, 9.17) is 10.5 Å². The number of aliphatic hydroxyl groups excluding tert-OH is 1. The highest BCUT2D eigenvalue weighted by Crippen LogP contribution is 2.14. The molecular weight excluding hydrogens is 232 g/mol. The lowest BCUT2D eigenvalue weighted by Gasteiger charge is -2.27. The molecule has 1 aromatic rings. The minimum Gasteiger partial charge on any atom is -0.484 e. The lowest BCUT2D eigenvalue weighted by molar-refractivity contribution is -0.125. The number of anilines is 1. The molecule has 0 aliphatic rings. The van der Waals surface area contributed by atoms with Crippen molar-refractivity contribution in [1.82, 2.24) is 5.32 Å². The molecule has 5 nitrogen and oxygen atoms in total. The summed E-state index contributed by atoms with van der Waals surface area (Å²) in [4.78, 5) is 11.7. The van der Waals surface area contributed by atoms with Gasteiger partial charge in [0, 0.05) is 11.8 Å². The van der Waals surface area contributed by atoms with E-state index in [0.29, 0.717) is 17.9 Å². The van der Waals surface area contributed by atoms with Crippen LogP contribution < -0.4 is 15.8 Å². The first-order chi connectivity index (χ1) is 8.49. The smallest absolute Gasteiger partial charge is 0.258 e. The summed E-state index contributed by atoms with van der Waals surface area (Å²) in [5, 5.41) is 11.9. The minimum absolute atomic E-state index is 0.0982. The van der Waals surface area contributed by atoms with Crippen molar-refractivity contribution in [3.8, 4) is 5.75 Å². The number of nitrogens with two attached hydrogens (primary N) is 1. The first-order valence-electron chi connectivity index (χ1n) is 5.89. The van der Waals surface area contributed by atoms with Gasteiger partial charge in [-0.1, -0.05) is 13.0 Å². The Labute approximate surface area is 107 Å². The van der Waals surface area contributed by atoms with Gasteiger partial charge in [-0.05, 0) is 25.5 Å². The van der Waals surface area contributed by atoms with Gasteiger partial charge in [0.2, 0.25) is 0 Å². The van der Waals surface area contributed by atoms with Gasteiger partial charge in [0.05, 0.1) is 12.1 Å². The third kappa shape index (κ3) is 4.25. The summed E-state index contributed by atoms with van der Waals surface area (Å²) in [6.45, 7) is 3.48. The van der Waals surface area contributed by atoms with Crippen molar-refractivity contribution in [3.63, 3.8) is 0 Å². The molecule has 4 N–H and O–H groups in total. The summed E-state index contributed by atoms with van der Waals surface area (Å²) >= 11 is 0. The topological polar surface area (TPSA) is 84.6 Å². The lowest BCUT2D eigenvalue weighted by Crippen LogP contribution is -2.49. The second-order valence-electron chi connectivity index (χ2n) is 4.48. The van der Waals surface area contributed by atoms with E-state index in [0.717, 1.165) is 0 Å². The summed E-state index contributed by atoms with van der Waals surface area (Å²) in [5.74, 6) is 0.281. The molecule has 100 valence electrons. The quantitative estimate of drug-likeness (QED) is 0.657. The molecule has 0 saturated heterocycles. The van der Waals surface area contributed by atoms with Crippen LogP contribution in [0.2, 0.25) is 0 Å². The average Bonchev–Trinajstić information content (AvgIpc) is 2.36. The molecule has 0 bridgehead atoms. The Bertz CT molecular complexity index is 403. The van der Waals surface area contributed by atoms with Crippen LogP contribution in [0.5, 0.6) is 5.75 Å². The fourth-order valence-corrected chi connectivity index (χ4v) is 1.37. The standard InChI is InChI=1S/C13H20N2O3/c1-3-13(2,9-16)15-12(17)8-18-11-6-4-5-10(14)7-11/h4-7,16H,3,8-9,14H2,1-2H3,(H,15,17). The molecular formula is C13H20N2O3. The van der Waals surface area contributed by atoms with Crippen molar-refractivity contribution in [1.29, 1.82) is 0 Å². The molecule has 0 aliphatic carbocycles. The minimum atomic E-state index is -0.601. The number of nitrogen functional groups attached to an aromatic ring is 1. The number of carbonyl (C=O) groups excluding carboxylic acids is 1. The van der Waals surface area contributed by atoms with Crippen LogP contribution in [-0.4, -0.2) is 29.8 Å². The Balaban J connectivity index is 2.47. The fraction of sp³-hybridized carbons (Fsp3) is 0.462. The summed E-state index contributed by atoms with van der Waals surface area (Å²) < 4.78 is 5.31. The van der Waals surface area contributed by atoms with Crippen LogP contribution in [0.4, 0.5) is 5.69 Å². The SMILES string of the molecule is CCC(C)(CO)NC(=O)COc1cccc(N)c1. The number of nitrogens with one attached hydrogen (secondary N) is 1. The van der Waals surface area contributed by atoms with Crippen LogP contribution >= 0.6 is 0 Å². The molecule has 0 aromatic heterocycles. The van der Waals surface area contributed by atoms with Crippen LogP contribution in [0.1, 0.15) is 20.3 Å². The second kappa shape index (κ2) is 6.26. The largest absolute Gasteiger partial charge is 0.484 e. The number of hydrogen-bond donors (Lipinski definition) is 3. The molecule has 1 atom stereocenters. The van der Waals surface area contributed by atoms with E-state index in [-0.39, 0.29) is 19.1 Å². The van der Waals surface area contributed by atoms with Gasteiger partial charge in [-0.2, -0.15) is 0 Å². The van der Waals surface area contributed by atoms with Crippen molar-refractivity contribution in [3.05, 3.63) is 24.3 Å². The van der Waals surface area contributed by atoms with E-state index >= 15 is 0 Å². The van der Waals surface area contributed by atoms with E-state index in [9.17, 15) is 9.90 Å². The Kier molecular flexibility index (Phi) is 4.97. The molecule has 0 heterocycles. The third-order valence-electron chi connectivity index (χ3n) is 2.80.